The maximum atomic E-state index is 11.8. The second-order valence-corrected chi connectivity index (χ2v) is 4.79. The van der Waals surface area contributed by atoms with Crippen molar-refractivity contribution < 1.29 is 14.9 Å². The molecular formula is C14H12N6O4. The van der Waals surface area contributed by atoms with Crippen molar-refractivity contribution in [3.63, 3.8) is 0 Å². The van der Waals surface area contributed by atoms with Crippen LogP contribution >= 0.6 is 0 Å². The third kappa shape index (κ3) is 3.13. The molecule has 0 saturated carbocycles. The van der Waals surface area contributed by atoms with Crippen molar-refractivity contribution >= 4 is 28.8 Å². The number of anilines is 2. The molecule has 2 heterocycles. The van der Waals surface area contributed by atoms with E-state index in [1.54, 1.807) is 12.1 Å². The minimum atomic E-state index is -0.840. The highest BCUT2D eigenvalue weighted by molar-refractivity contribution is 5.89. The van der Waals surface area contributed by atoms with Gasteiger partial charge in [0.05, 0.1) is 24.0 Å². The van der Waals surface area contributed by atoms with E-state index in [9.17, 15) is 9.59 Å². The molecule has 0 fully saturated rings. The first-order chi connectivity index (χ1) is 11.6. The first kappa shape index (κ1) is 15.4. The van der Waals surface area contributed by atoms with Crippen LogP contribution in [0.4, 0.5) is 11.6 Å². The van der Waals surface area contributed by atoms with Crippen molar-refractivity contribution in [2.24, 2.45) is 0 Å². The molecule has 5 N–H and O–H groups in total. The summed E-state index contributed by atoms with van der Waals surface area (Å²) in [6, 6.07) is 6.25. The van der Waals surface area contributed by atoms with E-state index in [4.69, 9.17) is 11.0 Å². The lowest BCUT2D eigenvalue weighted by Gasteiger charge is -2.07. The number of rotatable bonds is 4. The van der Waals surface area contributed by atoms with Crippen LogP contribution in [0.25, 0.3) is 11.2 Å². The number of aromatic nitrogens is 4. The highest BCUT2D eigenvalue weighted by atomic mass is 17.1. The van der Waals surface area contributed by atoms with Gasteiger partial charge < -0.3 is 11.1 Å². The second kappa shape index (κ2) is 6.30. The van der Waals surface area contributed by atoms with E-state index >= 15 is 0 Å². The summed E-state index contributed by atoms with van der Waals surface area (Å²) in [5, 5.41) is 11.4. The molecule has 3 rings (SSSR count). The maximum absolute atomic E-state index is 11.8. The number of carbonyl (C=O) groups excluding carboxylic acids is 1. The number of H-pyrrole nitrogens is 1. The van der Waals surface area contributed by atoms with Gasteiger partial charge in [-0.25, -0.2) is 14.8 Å². The Balaban J connectivity index is 1.76. The lowest BCUT2D eigenvalue weighted by molar-refractivity contribution is -0.182. The van der Waals surface area contributed by atoms with Crippen molar-refractivity contribution in [3.05, 3.63) is 52.1 Å². The Bertz CT molecular complexity index is 954. The predicted molar refractivity (Wildman–Crippen MR) is 84.2 cm³/mol. The van der Waals surface area contributed by atoms with Crippen molar-refractivity contribution in [2.45, 2.75) is 6.54 Å². The molecule has 1 aromatic carbocycles. The van der Waals surface area contributed by atoms with E-state index in [0.717, 1.165) is 0 Å². The van der Waals surface area contributed by atoms with Crippen LogP contribution in [-0.2, 0) is 11.4 Å². The monoisotopic (exact) mass is 328 g/mol. The van der Waals surface area contributed by atoms with Crippen molar-refractivity contribution in [2.75, 3.05) is 11.1 Å². The van der Waals surface area contributed by atoms with Crippen molar-refractivity contribution in [1.29, 1.82) is 0 Å². The maximum Gasteiger partial charge on any atom is 0.372 e. The second-order valence-electron chi connectivity index (χ2n) is 4.79. The van der Waals surface area contributed by atoms with E-state index in [1.807, 2.05) is 0 Å². The predicted octanol–water partition coefficient (Wildman–Crippen LogP) is 0.537. The fourth-order valence-electron chi connectivity index (χ4n) is 2.03. The van der Waals surface area contributed by atoms with Gasteiger partial charge in [0.15, 0.2) is 11.2 Å². The Labute approximate surface area is 134 Å². The molecule has 0 atom stereocenters. The van der Waals surface area contributed by atoms with Gasteiger partial charge in [0.2, 0.25) is 5.95 Å². The van der Waals surface area contributed by atoms with Crippen LogP contribution in [0.1, 0.15) is 16.1 Å². The lowest BCUT2D eigenvalue weighted by Crippen LogP contribution is -2.15. The van der Waals surface area contributed by atoms with E-state index in [0.29, 0.717) is 17.9 Å². The van der Waals surface area contributed by atoms with Gasteiger partial charge in [-0.05, 0) is 24.3 Å². The van der Waals surface area contributed by atoms with Gasteiger partial charge in [-0.1, -0.05) is 0 Å². The summed E-state index contributed by atoms with van der Waals surface area (Å²) >= 11 is 0. The molecule has 0 radical (unpaired) electrons. The minimum Gasteiger partial charge on any atom is -0.379 e. The molecule has 0 aliphatic heterocycles. The van der Waals surface area contributed by atoms with Gasteiger partial charge in [0.25, 0.3) is 5.56 Å². The van der Waals surface area contributed by atoms with Gasteiger partial charge in [0.1, 0.15) is 0 Å². The van der Waals surface area contributed by atoms with Gasteiger partial charge in [-0.15, -0.1) is 0 Å². The fraction of sp³-hybridized carbons (Fsp3) is 0.0714. The SMILES string of the molecule is Nc1nc2ncc(CNc3ccc(C(=O)OO)cc3)nc2c(=O)[nH]1. The minimum absolute atomic E-state index is 0.0193. The Morgan fingerprint density at radius 3 is 2.75 bits per heavy atom. The highest BCUT2D eigenvalue weighted by Crippen LogP contribution is 2.12. The third-order valence-corrected chi connectivity index (χ3v) is 3.16. The number of nitrogens with two attached hydrogens (primary N) is 1. The number of fused-ring (bicyclic) bond motifs is 1. The molecular weight excluding hydrogens is 316 g/mol. The summed E-state index contributed by atoms with van der Waals surface area (Å²) in [7, 11) is 0. The topological polar surface area (TPSA) is 156 Å². The van der Waals surface area contributed by atoms with Crippen LogP contribution in [0.5, 0.6) is 0 Å². The van der Waals surface area contributed by atoms with E-state index in [-0.39, 0.29) is 22.7 Å². The zero-order valence-electron chi connectivity index (χ0n) is 12.2. The molecule has 10 nitrogen and oxygen atoms in total. The number of nitrogen functional groups attached to an aromatic ring is 1. The first-order valence-electron chi connectivity index (χ1n) is 6.78. The smallest absolute Gasteiger partial charge is 0.372 e. The summed E-state index contributed by atoms with van der Waals surface area (Å²) in [4.78, 5) is 41.1. The van der Waals surface area contributed by atoms with Crippen LogP contribution in [0.2, 0.25) is 0 Å². The van der Waals surface area contributed by atoms with Gasteiger partial charge >= 0.3 is 5.97 Å². The zero-order chi connectivity index (χ0) is 17.1. The zero-order valence-corrected chi connectivity index (χ0v) is 12.2. The number of aromatic amines is 1. The Morgan fingerprint density at radius 2 is 2.04 bits per heavy atom. The van der Waals surface area contributed by atoms with Crippen LogP contribution < -0.4 is 16.6 Å². The molecule has 24 heavy (non-hydrogen) atoms. The van der Waals surface area contributed by atoms with Crippen LogP contribution in [-0.4, -0.2) is 31.2 Å². The molecule has 10 heteroatoms. The number of hydrogen-bond donors (Lipinski definition) is 4. The Kier molecular flexibility index (Phi) is 4.03. The third-order valence-electron chi connectivity index (χ3n) is 3.16. The quantitative estimate of drug-likeness (QED) is 0.396. The normalized spacial score (nSPS) is 10.5. The summed E-state index contributed by atoms with van der Waals surface area (Å²) in [5.74, 6) is -0.859. The van der Waals surface area contributed by atoms with E-state index < -0.39 is 11.5 Å². The fourth-order valence-corrected chi connectivity index (χ4v) is 2.03. The molecule has 122 valence electrons. The summed E-state index contributed by atoms with van der Waals surface area (Å²) in [6.45, 7) is 0.302. The molecule has 0 bridgehead atoms. The van der Waals surface area contributed by atoms with Crippen LogP contribution in [0.15, 0.2) is 35.3 Å². The van der Waals surface area contributed by atoms with Crippen LogP contribution in [0.3, 0.4) is 0 Å². The number of nitrogens with one attached hydrogen (secondary N) is 2. The van der Waals surface area contributed by atoms with E-state index in [2.05, 4.69) is 30.1 Å². The molecule has 0 aliphatic carbocycles. The largest absolute Gasteiger partial charge is 0.379 e. The number of hydrogen-bond acceptors (Lipinski definition) is 9. The standard InChI is InChI=1S/C14H12N6O4/c15-14-19-11-10(12(21)20-14)18-9(6-17-11)5-16-8-3-1-7(2-4-8)13(22)24-23/h1-4,6,16,23H,5H2,(H3,15,17,19,20,21). The summed E-state index contributed by atoms with van der Waals surface area (Å²) < 4.78 is 0. The van der Waals surface area contributed by atoms with Gasteiger partial charge in [0, 0.05) is 5.69 Å². The Morgan fingerprint density at radius 1 is 1.29 bits per heavy atom. The Hall–Kier alpha value is -3.53. The molecule has 0 amide bonds. The molecule has 0 spiro atoms. The van der Waals surface area contributed by atoms with Crippen molar-refractivity contribution in [3.8, 4) is 0 Å². The number of carbonyl (C=O) groups is 1. The van der Waals surface area contributed by atoms with E-state index in [1.165, 1.54) is 18.3 Å². The van der Waals surface area contributed by atoms with Gasteiger partial charge in [-0.3, -0.25) is 14.7 Å². The average Bonchev–Trinajstić information content (AvgIpc) is 2.60. The molecule has 2 aromatic heterocycles. The average molecular weight is 328 g/mol. The number of benzene rings is 1. The first-order valence-corrected chi connectivity index (χ1v) is 6.78. The summed E-state index contributed by atoms with van der Waals surface area (Å²) in [6.07, 6.45) is 1.48. The van der Waals surface area contributed by atoms with Gasteiger partial charge in [-0.2, -0.15) is 10.2 Å². The highest BCUT2D eigenvalue weighted by Gasteiger charge is 2.08. The van der Waals surface area contributed by atoms with Crippen LogP contribution in [0, 0.1) is 0 Å². The summed E-state index contributed by atoms with van der Waals surface area (Å²) in [5.41, 5.74) is 6.70. The van der Waals surface area contributed by atoms with Crippen molar-refractivity contribution in [1.82, 2.24) is 19.9 Å². The molecule has 0 aliphatic rings. The molecule has 0 unspecified atom stereocenters. The molecule has 0 saturated heterocycles. The molecule has 3 aromatic rings. The number of nitrogens with zero attached hydrogens (tertiary/aromatic N) is 3. The lowest BCUT2D eigenvalue weighted by atomic mass is 10.2.